The summed E-state index contributed by atoms with van der Waals surface area (Å²) in [6.07, 6.45) is 4.76. The fourth-order valence-corrected chi connectivity index (χ4v) is 3.56. The molecular formula is C24H25F2N3O. The molecule has 6 heteroatoms. The lowest BCUT2D eigenvalue weighted by molar-refractivity contribution is 0.0378. The van der Waals surface area contributed by atoms with E-state index in [4.69, 9.17) is 4.74 Å². The fourth-order valence-electron chi connectivity index (χ4n) is 3.56. The van der Waals surface area contributed by atoms with Crippen molar-refractivity contribution in [3.63, 3.8) is 0 Å². The van der Waals surface area contributed by atoms with Crippen LogP contribution in [0.15, 0.2) is 48.5 Å². The lowest BCUT2D eigenvalue weighted by atomic mass is 10.1. The van der Waals surface area contributed by atoms with Gasteiger partial charge in [-0.25, -0.2) is 13.8 Å². The van der Waals surface area contributed by atoms with E-state index in [2.05, 4.69) is 15.2 Å². The zero-order chi connectivity index (χ0) is 20.8. The lowest BCUT2D eigenvalue weighted by Crippen LogP contribution is -2.37. The average molecular weight is 409 g/mol. The number of hydrogen-bond donors (Lipinski definition) is 1. The molecule has 156 valence electrons. The Labute approximate surface area is 175 Å². The second-order valence-electron chi connectivity index (χ2n) is 7.38. The minimum absolute atomic E-state index is 0.262. The highest BCUT2D eigenvalue weighted by atomic mass is 19.1. The molecule has 2 heterocycles. The van der Waals surface area contributed by atoms with Crippen molar-refractivity contribution in [3.05, 3.63) is 71.4 Å². The smallest absolute Gasteiger partial charge is 0.124 e. The van der Waals surface area contributed by atoms with E-state index in [1.807, 2.05) is 18.2 Å². The average Bonchev–Trinajstić information content (AvgIpc) is 2.77. The number of morpholine rings is 1. The first-order chi connectivity index (χ1) is 14.7. The van der Waals surface area contributed by atoms with Crippen molar-refractivity contribution in [3.8, 4) is 0 Å². The Morgan fingerprint density at radius 1 is 0.967 bits per heavy atom. The maximum Gasteiger partial charge on any atom is 0.124 e. The zero-order valence-corrected chi connectivity index (χ0v) is 16.8. The summed E-state index contributed by atoms with van der Waals surface area (Å²) < 4.78 is 32.3. The number of pyridine rings is 1. The van der Waals surface area contributed by atoms with E-state index >= 15 is 0 Å². The molecule has 1 aliphatic heterocycles. The summed E-state index contributed by atoms with van der Waals surface area (Å²) in [5.74, 6) is -0.545. The Bertz CT molecular complexity index is 1010. The number of aromatic nitrogens is 1. The van der Waals surface area contributed by atoms with Crippen LogP contribution in [0.2, 0.25) is 0 Å². The van der Waals surface area contributed by atoms with Crippen LogP contribution in [-0.2, 0) is 4.74 Å². The molecule has 1 N–H and O–H groups in total. The Morgan fingerprint density at radius 2 is 1.73 bits per heavy atom. The van der Waals surface area contributed by atoms with Gasteiger partial charge in [0, 0.05) is 30.7 Å². The van der Waals surface area contributed by atoms with E-state index in [1.54, 1.807) is 18.2 Å². The predicted octanol–water partition coefficient (Wildman–Crippen LogP) is 4.82. The van der Waals surface area contributed by atoms with Crippen molar-refractivity contribution in [2.45, 2.75) is 6.42 Å². The summed E-state index contributed by atoms with van der Waals surface area (Å²) in [5.41, 5.74) is 3.24. The van der Waals surface area contributed by atoms with Crippen LogP contribution >= 0.6 is 0 Å². The van der Waals surface area contributed by atoms with Crippen LogP contribution in [-0.4, -0.2) is 49.3 Å². The number of nitrogens with one attached hydrogen (secondary N) is 1. The van der Waals surface area contributed by atoms with Crippen LogP contribution in [0.3, 0.4) is 0 Å². The van der Waals surface area contributed by atoms with Crippen LogP contribution in [0.4, 0.5) is 14.5 Å². The molecule has 0 bridgehead atoms. The molecule has 2 aromatic carbocycles. The number of ether oxygens (including phenoxy) is 1. The summed E-state index contributed by atoms with van der Waals surface area (Å²) in [6, 6.07) is 12.8. The molecular weight excluding hydrogens is 384 g/mol. The number of rotatable bonds is 7. The summed E-state index contributed by atoms with van der Waals surface area (Å²) in [5, 5.41) is 4.22. The van der Waals surface area contributed by atoms with Gasteiger partial charge in [-0.2, -0.15) is 0 Å². The van der Waals surface area contributed by atoms with Crippen molar-refractivity contribution >= 4 is 28.7 Å². The molecule has 0 amide bonds. The minimum atomic E-state index is -0.282. The number of benzene rings is 2. The van der Waals surface area contributed by atoms with Crippen LogP contribution in [0, 0.1) is 11.6 Å². The summed E-state index contributed by atoms with van der Waals surface area (Å²) >= 11 is 0. The zero-order valence-electron chi connectivity index (χ0n) is 16.8. The van der Waals surface area contributed by atoms with E-state index in [9.17, 15) is 8.78 Å². The van der Waals surface area contributed by atoms with Gasteiger partial charge in [0.2, 0.25) is 0 Å². The predicted molar refractivity (Wildman–Crippen MR) is 117 cm³/mol. The molecule has 0 spiro atoms. The third-order valence-electron chi connectivity index (χ3n) is 5.18. The van der Waals surface area contributed by atoms with E-state index in [0.29, 0.717) is 0 Å². The third kappa shape index (κ3) is 5.40. The number of fused-ring (bicyclic) bond motifs is 1. The molecule has 0 aliphatic carbocycles. The van der Waals surface area contributed by atoms with E-state index < -0.39 is 0 Å². The van der Waals surface area contributed by atoms with Gasteiger partial charge in [-0.05, 0) is 61.0 Å². The van der Waals surface area contributed by atoms with Crippen molar-refractivity contribution in [1.82, 2.24) is 9.88 Å². The molecule has 0 atom stereocenters. The SMILES string of the molecule is Fc1ccc(/C=C/c2cc(NCCCN3CCOCC3)c3cc(F)ccc3n2)cc1. The second-order valence-corrected chi connectivity index (χ2v) is 7.38. The molecule has 0 radical (unpaired) electrons. The highest BCUT2D eigenvalue weighted by molar-refractivity contribution is 5.93. The molecule has 4 rings (SSSR count). The fraction of sp³-hybridized carbons (Fsp3) is 0.292. The van der Waals surface area contributed by atoms with Crippen molar-refractivity contribution in [2.24, 2.45) is 0 Å². The molecule has 1 aliphatic rings. The van der Waals surface area contributed by atoms with E-state index in [-0.39, 0.29) is 11.6 Å². The van der Waals surface area contributed by atoms with Gasteiger partial charge in [0.25, 0.3) is 0 Å². The lowest BCUT2D eigenvalue weighted by Gasteiger charge is -2.26. The number of halogens is 2. The first-order valence-corrected chi connectivity index (χ1v) is 10.3. The second kappa shape index (κ2) is 9.78. The molecule has 3 aromatic rings. The molecule has 0 saturated carbocycles. The minimum Gasteiger partial charge on any atom is -0.384 e. The number of anilines is 1. The maximum atomic E-state index is 13.8. The largest absolute Gasteiger partial charge is 0.384 e. The quantitative estimate of drug-likeness (QED) is 0.568. The van der Waals surface area contributed by atoms with E-state index in [0.717, 1.165) is 73.7 Å². The van der Waals surface area contributed by atoms with Crippen LogP contribution < -0.4 is 5.32 Å². The van der Waals surface area contributed by atoms with Crippen molar-refractivity contribution in [2.75, 3.05) is 44.7 Å². The Morgan fingerprint density at radius 3 is 2.53 bits per heavy atom. The van der Waals surface area contributed by atoms with Gasteiger partial charge in [0.1, 0.15) is 11.6 Å². The Hall–Kier alpha value is -2.83. The van der Waals surface area contributed by atoms with Gasteiger partial charge in [0.05, 0.1) is 24.4 Å². The van der Waals surface area contributed by atoms with Gasteiger partial charge in [-0.3, -0.25) is 4.90 Å². The standard InChI is InChI=1S/C24H25F2N3O/c25-19-5-2-18(3-6-19)4-8-21-17-24(22-16-20(26)7-9-23(22)28-21)27-10-1-11-29-12-14-30-15-13-29/h2-9,16-17H,1,10-15H2,(H,27,28)/b8-4+. The van der Waals surface area contributed by atoms with Gasteiger partial charge in [-0.1, -0.05) is 18.2 Å². The molecule has 0 unspecified atom stereocenters. The summed E-state index contributed by atoms with van der Waals surface area (Å²) in [4.78, 5) is 7.02. The number of nitrogens with zero attached hydrogens (tertiary/aromatic N) is 2. The topological polar surface area (TPSA) is 37.4 Å². The highest BCUT2D eigenvalue weighted by Crippen LogP contribution is 2.25. The van der Waals surface area contributed by atoms with Crippen LogP contribution in [0.5, 0.6) is 0 Å². The molecule has 1 saturated heterocycles. The maximum absolute atomic E-state index is 13.8. The third-order valence-corrected chi connectivity index (χ3v) is 5.18. The number of hydrogen-bond acceptors (Lipinski definition) is 4. The van der Waals surface area contributed by atoms with Crippen LogP contribution in [0.1, 0.15) is 17.7 Å². The summed E-state index contributed by atoms with van der Waals surface area (Å²) in [6.45, 7) is 5.33. The Balaban J connectivity index is 1.49. The van der Waals surface area contributed by atoms with Crippen molar-refractivity contribution in [1.29, 1.82) is 0 Å². The molecule has 30 heavy (non-hydrogen) atoms. The molecule has 1 aromatic heterocycles. The van der Waals surface area contributed by atoms with Gasteiger partial charge in [-0.15, -0.1) is 0 Å². The molecule has 1 fully saturated rings. The summed E-state index contributed by atoms with van der Waals surface area (Å²) in [7, 11) is 0. The highest BCUT2D eigenvalue weighted by Gasteiger charge is 2.10. The van der Waals surface area contributed by atoms with Gasteiger partial charge < -0.3 is 10.1 Å². The first-order valence-electron chi connectivity index (χ1n) is 10.3. The van der Waals surface area contributed by atoms with Gasteiger partial charge >= 0.3 is 0 Å². The van der Waals surface area contributed by atoms with Crippen molar-refractivity contribution < 1.29 is 13.5 Å². The molecule has 4 nitrogen and oxygen atoms in total. The van der Waals surface area contributed by atoms with Crippen LogP contribution in [0.25, 0.3) is 23.1 Å². The Kier molecular flexibility index (Phi) is 6.67. The first kappa shape index (κ1) is 20.4. The monoisotopic (exact) mass is 409 g/mol. The van der Waals surface area contributed by atoms with Gasteiger partial charge in [0.15, 0.2) is 0 Å². The van der Waals surface area contributed by atoms with E-state index in [1.165, 1.54) is 24.3 Å². The normalized spacial score (nSPS) is 15.1.